The number of hydrogen-bond donors (Lipinski definition) is 2. The average molecular weight is 141 g/mol. The van der Waals surface area contributed by atoms with Gasteiger partial charge in [0.25, 0.3) is 0 Å². The number of aromatic nitrogens is 2. The number of H-pyrrole nitrogens is 1. The van der Waals surface area contributed by atoms with Crippen LogP contribution in [0.1, 0.15) is 12.6 Å². The summed E-state index contributed by atoms with van der Waals surface area (Å²) in [5, 5.41) is 11.7. The van der Waals surface area contributed by atoms with E-state index in [0.717, 1.165) is 12.2 Å². The van der Waals surface area contributed by atoms with E-state index in [2.05, 4.69) is 12.0 Å². The highest BCUT2D eigenvalue weighted by molar-refractivity contribution is 4.93. The van der Waals surface area contributed by atoms with Crippen molar-refractivity contribution in [3.8, 4) is 0 Å². The number of aliphatic hydroxyl groups excluding tert-OH is 1. The van der Waals surface area contributed by atoms with E-state index >= 15 is 0 Å². The molecule has 0 aliphatic carbocycles. The molecule has 1 heterocycles. The van der Waals surface area contributed by atoms with Crippen molar-refractivity contribution in [1.29, 1.82) is 0 Å². The van der Waals surface area contributed by atoms with Crippen LogP contribution in [0.5, 0.6) is 0 Å². The minimum absolute atomic E-state index is 0.213. The Morgan fingerprint density at radius 1 is 1.70 bits per heavy atom. The summed E-state index contributed by atoms with van der Waals surface area (Å²) in [6, 6.07) is 1.99. The first-order valence-electron chi connectivity index (χ1n) is 3.55. The normalized spacial score (nSPS) is 10.2. The summed E-state index contributed by atoms with van der Waals surface area (Å²) in [7, 11) is 0. The molecule has 3 nitrogen and oxygen atoms in total. The molecule has 2 N–H and O–H groups in total. The van der Waals surface area contributed by atoms with Gasteiger partial charge >= 0.3 is 0 Å². The highest BCUT2D eigenvalue weighted by Gasteiger charge is 2.00. The summed E-state index contributed by atoms with van der Waals surface area (Å²) < 4.78 is 1.98. The van der Waals surface area contributed by atoms with Gasteiger partial charge in [-0.05, 0) is 6.92 Å². The summed E-state index contributed by atoms with van der Waals surface area (Å²) in [6.07, 6.45) is 2.69. The van der Waals surface area contributed by atoms with Crippen molar-refractivity contribution >= 4 is 0 Å². The fourth-order valence-electron chi connectivity index (χ4n) is 0.883. The summed E-state index contributed by atoms with van der Waals surface area (Å²) in [4.78, 5) is 0. The van der Waals surface area contributed by atoms with E-state index in [1.54, 1.807) is 0 Å². The second-order valence-corrected chi connectivity index (χ2v) is 2.21. The molecule has 10 heavy (non-hydrogen) atoms. The first-order valence-corrected chi connectivity index (χ1v) is 3.55. The third-order valence-corrected chi connectivity index (χ3v) is 1.46. The van der Waals surface area contributed by atoms with Gasteiger partial charge in [-0.3, -0.25) is 0 Å². The van der Waals surface area contributed by atoms with Crippen LogP contribution in [0.2, 0.25) is 0 Å². The zero-order chi connectivity index (χ0) is 7.40. The van der Waals surface area contributed by atoms with Crippen LogP contribution in [0.4, 0.5) is 0 Å². The van der Waals surface area contributed by atoms with E-state index in [1.807, 2.05) is 16.9 Å². The molecule has 0 amide bonds. The fraction of sp³-hybridized carbons (Fsp3) is 0.571. The molecule has 0 radical (unpaired) electrons. The van der Waals surface area contributed by atoms with Gasteiger partial charge in [-0.15, -0.1) is 4.68 Å². The van der Waals surface area contributed by atoms with Gasteiger partial charge < -0.3 is 5.11 Å². The molecule has 0 saturated carbocycles. The Kier molecular flexibility index (Phi) is 2.45. The van der Waals surface area contributed by atoms with Crippen molar-refractivity contribution in [3.63, 3.8) is 0 Å². The second kappa shape index (κ2) is 3.37. The Bertz CT molecular complexity index is 195. The lowest BCUT2D eigenvalue weighted by Crippen LogP contribution is -2.33. The van der Waals surface area contributed by atoms with Crippen LogP contribution in [0.3, 0.4) is 0 Å². The molecule has 0 aliphatic rings. The third kappa shape index (κ3) is 1.57. The second-order valence-electron chi connectivity index (χ2n) is 2.21. The van der Waals surface area contributed by atoms with Crippen molar-refractivity contribution in [2.45, 2.75) is 19.9 Å². The first kappa shape index (κ1) is 7.28. The predicted octanol–water partition coefficient (Wildman–Crippen LogP) is -0.143. The van der Waals surface area contributed by atoms with Crippen LogP contribution in [0.25, 0.3) is 0 Å². The van der Waals surface area contributed by atoms with Gasteiger partial charge in [0, 0.05) is 19.1 Å². The number of nitrogens with one attached hydrogen (secondary N) is 1. The van der Waals surface area contributed by atoms with Gasteiger partial charge in [0.1, 0.15) is 0 Å². The SMILES string of the molecule is CC[n+]1ccc(CCO)[nH]1. The molecule has 0 unspecified atom stereocenters. The lowest BCUT2D eigenvalue weighted by atomic mass is 10.3. The molecule has 0 spiro atoms. The summed E-state index contributed by atoms with van der Waals surface area (Å²) in [5.41, 5.74) is 1.09. The maximum atomic E-state index is 8.57. The maximum absolute atomic E-state index is 8.57. The van der Waals surface area contributed by atoms with Gasteiger partial charge in [0.2, 0.25) is 0 Å². The highest BCUT2D eigenvalue weighted by Crippen LogP contribution is 1.89. The van der Waals surface area contributed by atoms with Gasteiger partial charge in [-0.2, -0.15) is 5.10 Å². The molecular weight excluding hydrogens is 128 g/mol. The van der Waals surface area contributed by atoms with E-state index in [0.29, 0.717) is 6.42 Å². The quantitative estimate of drug-likeness (QED) is 0.565. The highest BCUT2D eigenvalue weighted by atomic mass is 16.3. The van der Waals surface area contributed by atoms with Crippen molar-refractivity contribution in [2.75, 3.05) is 6.61 Å². The van der Waals surface area contributed by atoms with Crippen molar-refractivity contribution in [2.24, 2.45) is 0 Å². The minimum Gasteiger partial charge on any atom is -0.396 e. The molecule has 0 fully saturated rings. The molecule has 1 aromatic heterocycles. The Morgan fingerprint density at radius 2 is 2.50 bits per heavy atom. The zero-order valence-electron chi connectivity index (χ0n) is 6.17. The van der Waals surface area contributed by atoms with Crippen molar-refractivity contribution < 1.29 is 9.79 Å². The fourth-order valence-corrected chi connectivity index (χ4v) is 0.883. The van der Waals surface area contributed by atoms with E-state index in [1.165, 1.54) is 0 Å². The molecule has 3 heteroatoms. The predicted molar refractivity (Wildman–Crippen MR) is 37.5 cm³/mol. The standard InChI is InChI=1S/C7H12N2O/c1-2-9-5-3-7(8-9)4-6-10/h3,5,10H,2,4,6H2,1H3/p+1. The lowest BCUT2D eigenvalue weighted by Gasteiger charge is -1.86. The van der Waals surface area contributed by atoms with E-state index < -0.39 is 0 Å². The van der Waals surface area contributed by atoms with Gasteiger partial charge in [-0.1, -0.05) is 0 Å². The van der Waals surface area contributed by atoms with Crippen LogP contribution in [-0.2, 0) is 13.0 Å². The van der Waals surface area contributed by atoms with Crippen molar-refractivity contribution in [3.05, 3.63) is 18.0 Å². The summed E-state index contributed by atoms with van der Waals surface area (Å²) in [6.45, 7) is 3.23. The smallest absolute Gasteiger partial charge is 0.195 e. The van der Waals surface area contributed by atoms with Crippen LogP contribution < -0.4 is 4.68 Å². The van der Waals surface area contributed by atoms with Gasteiger partial charge in [0.15, 0.2) is 12.7 Å². The van der Waals surface area contributed by atoms with E-state index in [-0.39, 0.29) is 6.61 Å². The van der Waals surface area contributed by atoms with E-state index in [9.17, 15) is 0 Å². The summed E-state index contributed by atoms with van der Waals surface area (Å²) >= 11 is 0. The van der Waals surface area contributed by atoms with Crippen LogP contribution in [-0.4, -0.2) is 16.8 Å². The largest absolute Gasteiger partial charge is 0.396 e. The van der Waals surface area contributed by atoms with Gasteiger partial charge in [0.05, 0.1) is 5.69 Å². The Hall–Kier alpha value is -0.830. The number of aromatic amines is 1. The molecule has 1 rings (SSSR count). The molecule has 0 aliphatic heterocycles. The van der Waals surface area contributed by atoms with Crippen LogP contribution >= 0.6 is 0 Å². The molecule has 56 valence electrons. The van der Waals surface area contributed by atoms with Gasteiger partial charge in [-0.25, -0.2) is 0 Å². The van der Waals surface area contributed by atoms with Crippen LogP contribution in [0.15, 0.2) is 12.3 Å². The first-order chi connectivity index (χ1) is 4.86. The minimum atomic E-state index is 0.213. The summed E-state index contributed by atoms with van der Waals surface area (Å²) in [5.74, 6) is 0. The monoisotopic (exact) mass is 141 g/mol. The molecule has 0 bridgehead atoms. The molecule has 1 aromatic rings. The molecule has 0 aromatic carbocycles. The van der Waals surface area contributed by atoms with Crippen LogP contribution in [0, 0.1) is 0 Å². The number of aliphatic hydroxyl groups is 1. The zero-order valence-corrected chi connectivity index (χ0v) is 6.17. The molecule has 0 saturated heterocycles. The lowest BCUT2D eigenvalue weighted by molar-refractivity contribution is -0.747. The molecule has 0 atom stereocenters. The topological polar surface area (TPSA) is 39.9 Å². The Labute approximate surface area is 60.3 Å². The number of hydrogen-bond acceptors (Lipinski definition) is 1. The number of rotatable bonds is 3. The number of nitrogens with zero attached hydrogens (tertiary/aromatic N) is 1. The Balaban J connectivity index is 2.59. The van der Waals surface area contributed by atoms with Crippen molar-refractivity contribution in [1.82, 2.24) is 5.10 Å². The number of aryl methyl sites for hydroxylation is 1. The average Bonchev–Trinajstić information content (AvgIpc) is 2.37. The third-order valence-electron chi connectivity index (χ3n) is 1.46. The molecular formula is C7H13N2O+. The Morgan fingerprint density at radius 3 is 3.00 bits per heavy atom. The van der Waals surface area contributed by atoms with E-state index in [4.69, 9.17) is 5.11 Å². The maximum Gasteiger partial charge on any atom is 0.195 e.